The summed E-state index contributed by atoms with van der Waals surface area (Å²) in [5, 5.41) is 18.0. The van der Waals surface area contributed by atoms with Crippen molar-refractivity contribution in [3.8, 4) is 0 Å². The molecule has 0 aromatic carbocycles. The van der Waals surface area contributed by atoms with Crippen molar-refractivity contribution in [3.63, 3.8) is 0 Å². The fraction of sp³-hybridized carbons (Fsp3) is 0.857. The number of rotatable bonds is 3. The van der Waals surface area contributed by atoms with E-state index >= 15 is 0 Å². The number of hydrogen-bond donors (Lipinski definition) is 2. The van der Waals surface area contributed by atoms with Crippen molar-refractivity contribution >= 4 is 5.97 Å². The number of ether oxygens (including phenoxy) is 1. The van der Waals surface area contributed by atoms with Crippen LogP contribution in [0.2, 0.25) is 0 Å². The highest BCUT2D eigenvalue weighted by atomic mass is 16.5. The zero-order chi connectivity index (χ0) is 9.07. The summed E-state index contributed by atoms with van der Waals surface area (Å²) in [6.07, 6.45) is -1.27. The lowest BCUT2D eigenvalue weighted by Crippen LogP contribution is -2.39. The first-order valence-corrected chi connectivity index (χ1v) is 3.32. The van der Waals surface area contributed by atoms with E-state index in [1.807, 2.05) is 0 Å². The number of carbonyl (C=O) groups excluding carboxylic acids is 1. The van der Waals surface area contributed by atoms with E-state index in [1.165, 1.54) is 7.11 Å². The monoisotopic (exact) mass is 162 g/mol. The molecule has 0 amide bonds. The Kier molecular flexibility index (Phi) is 3.48. The molecule has 1 atom stereocenters. The first kappa shape index (κ1) is 10.4. The van der Waals surface area contributed by atoms with Gasteiger partial charge in [-0.05, 0) is 0 Å². The summed E-state index contributed by atoms with van der Waals surface area (Å²) in [5.74, 6) is -0.718. The van der Waals surface area contributed by atoms with Gasteiger partial charge in [0.05, 0.1) is 13.7 Å². The van der Waals surface area contributed by atoms with Gasteiger partial charge in [0.1, 0.15) is 0 Å². The zero-order valence-electron chi connectivity index (χ0n) is 7.00. The van der Waals surface area contributed by atoms with Crippen LogP contribution in [0.1, 0.15) is 13.8 Å². The molecule has 0 saturated heterocycles. The number of aliphatic hydroxyl groups is 2. The molecule has 0 aliphatic heterocycles. The van der Waals surface area contributed by atoms with Crippen LogP contribution in [0.15, 0.2) is 0 Å². The van der Waals surface area contributed by atoms with E-state index in [-0.39, 0.29) is 6.61 Å². The molecule has 4 nitrogen and oxygen atoms in total. The number of carbonyl (C=O) groups is 1. The predicted molar refractivity (Wildman–Crippen MR) is 38.9 cm³/mol. The topological polar surface area (TPSA) is 66.8 Å². The number of esters is 1. The Balaban J connectivity index is 4.22. The van der Waals surface area contributed by atoms with Crippen LogP contribution in [-0.2, 0) is 9.53 Å². The van der Waals surface area contributed by atoms with Crippen LogP contribution in [0.3, 0.4) is 0 Å². The van der Waals surface area contributed by atoms with Crippen LogP contribution in [0.25, 0.3) is 0 Å². The third kappa shape index (κ3) is 2.48. The van der Waals surface area contributed by atoms with Crippen LogP contribution < -0.4 is 0 Å². The Hall–Kier alpha value is -0.610. The van der Waals surface area contributed by atoms with Crippen molar-refractivity contribution < 1.29 is 19.7 Å². The molecular weight excluding hydrogens is 148 g/mol. The van der Waals surface area contributed by atoms with Gasteiger partial charge in [0.2, 0.25) is 0 Å². The first-order chi connectivity index (χ1) is 4.95. The molecule has 4 heteroatoms. The smallest absolute Gasteiger partial charge is 0.335 e. The van der Waals surface area contributed by atoms with E-state index < -0.39 is 17.5 Å². The standard InChI is InChI=1S/C7H14O4/c1-7(2,4-8)5(9)6(10)11-3/h5,8-9H,4H2,1-3H3/t5-/m0/s1. The summed E-state index contributed by atoms with van der Waals surface area (Å²) < 4.78 is 4.30. The molecule has 0 spiro atoms. The van der Waals surface area contributed by atoms with E-state index in [0.717, 1.165) is 0 Å². The summed E-state index contributed by atoms with van der Waals surface area (Å²) in [6.45, 7) is 2.90. The Morgan fingerprint density at radius 2 is 2.09 bits per heavy atom. The van der Waals surface area contributed by atoms with E-state index in [0.29, 0.717) is 0 Å². The van der Waals surface area contributed by atoms with Crippen molar-refractivity contribution in [2.75, 3.05) is 13.7 Å². The fourth-order valence-corrected chi connectivity index (χ4v) is 0.517. The fourth-order valence-electron chi connectivity index (χ4n) is 0.517. The summed E-state index contributed by atoms with van der Waals surface area (Å²) in [6, 6.07) is 0. The number of methoxy groups -OCH3 is 1. The van der Waals surface area contributed by atoms with Gasteiger partial charge in [-0.15, -0.1) is 0 Å². The Labute approximate surface area is 65.8 Å². The summed E-state index contributed by atoms with van der Waals surface area (Å²) in [5.41, 5.74) is -0.840. The Morgan fingerprint density at radius 1 is 1.64 bits per heavy atom. The second-order valence-corrected chi connectivity index (χ2v) is 3.07. The number of aliphatic hydroxyl groups excluding tert-OH is 2. The lowest BCUT2D eigenvalue weighted by atomic mass is 9.88. The lowest BCUT2D eigenvalue weighted by molar-refractivity contribution is -0.158. The van der Waals surface area contributed by atoms with Gasteiger partial charge >= 0.3 is 5.97 Å². The van der Waals surface area contributed by atoms with Gasteiger partial charge in [-0.1, -0.05) is 13.8 Å². The molecule has 0 unspecified atom stereocenters. The Morgan fingerprint density at radius 3 is 2.36 bits per heavy atom. The second-order valence-electron chi connectivity index (χ2n) is 3.07. The minimum Gasteiger partial charge on any atom is -0.467 e. The highest BCUT2D eigenvalue weighted by molar-refractivity contribution is 5.75. The summed E-state index contributed by atoms with van der Waals surface area (Å²) in [4.78, 5) is 10.7. The molecule has 0 rings (SSSR count). The molecule has 0 heterocycles. The lowest BCUT2D eigenvalue weighted by Gasteiger charge is -2.25. The summed E-state index contributed by atoms with van der Waals surface area (Å²) >= 11 is 0. The molecule has 0 aromatic heterocycles. The van der Waals surface area contributed by atoms with Gasteiger partial charge in [-0.2, -0.15) is 0 Å². The molecule has 0 aliphatic rings. The van der Waals surface area contributed by atoms with Gasteiger partial charge in [-0.3, -0.25) is 0 Å². The molecule has 66 valence electrons. The van der Waals surface area contributed by atoms with Crippen LogP contribution in [0.5, 0.6) is 0 Å². The van der Waals surface area contributed by atoms with E-state index in [1.54, 1.807) is 13.8 Å². The largest absolute Gasteiger partial charge is 0.467 e. The van der Waals surface area contributed by atoms with E-state index in [9.17, 15) is 9.90 Å². The normalized spacial score (nSPS) is 14.3. The SMILES string of the molecule is COC(=O)[C@H](O)C(C)(C)CO. The quantitative estimate of drug-likeness (QED) is 0.551. The number of hydrogen-bond acceptors (Lipinski definition) is 4. The van der Waals surface area contributed by atoms with Crippen molar-refractivity contribution in [1.29, 1.82) is 0 Å². The van der Waals surface area contributed by atoms with Gasteiger partial charge in [0, 0.05) is 5.41 Å². The highest BCUT2D eigenvalue weighted by Crippen LogP contribution is 2.19. The molecule has 2 N–H and O–H groups in total. The van der Waals surface area contributed by atoms with Crippen LogP contribution in [-0.4, -0.2) is 36.0 Å². The van der Waals surface area contributed by atoms with Crippen molar-refractivity contribution in [3.05, 3.63) is 0 Å². The average Bonchev–Trinajstić information content (AvgIpc) is 2.01. The molecular formula is C7H14O4. The molecule has 0 saturated carbocycles. The van der Waals surface area contributed by atoms with Gasteiger partial charge in [-0.25, -0.2) is 4.79 Å². The minimum atomic E-state index is -1.27. The second kappa shape index (κ2) is 3.69. The average molecular weight is 162 g/mol. The van der Waals surface area contributed by atoms with Gasteiger partial charge < -0.3 is 14.9 Å². The third-order valence-corrected chi connectivity index (χ3v) is 1.57. The molecule has 0 bridgehead atoms. The Bertz CT molecular complexity index is 141. The molecule has 0 radical (unpaired) electrons. The maximum atomic E-state index is 10.7. The van der Waals surface area contributed by atoms with Gasteiger partial charge in [0.15, 0.2) is 6.10 Å². The zero-order valence-corrected chi connectivity index (χ0v) is 7.00. The maximum Gasteiger partial charge on any atom is 0.335 e. The van der Waals surface area contributed by atoms with Crippen molar-refractivity contribution in [2.24, 2.45) is 5.41 Å². The minimum absolute atomic E-state index is 0.261. The molecule has 0 aliphatic carbocycles. The van der Waals surface area contributed by atoms with Crippen LogP contribution >= 0.6 is 0 Å². The van der Waals surface area contributed by atoms with Gasteiger partial charge in [0.25, 0.3) is 0 Å². The van der Waals surface area contributed by atoms with Crippen molar-refractivity contribution in [1.82, 2.24) is 0 Å². The van der Waals surface area contributed by atoms with E-state index in [4.69, 9.17) is 5.11 Å². The highest BCUT2D eigenvalue weighted by Gasteiger charge is 2.33. The molecule has 0 fully saturated rings. The molecule has 0 aromatic rings. The van der Waals surface area contributed by atoms with Crippen LogP contribution in [0.4, 0.5) is 0 Å². The third-order valence-electron chi connectivity index (χ3n) is 1.57. The molecule has 11 heavy (non-hydrogen) atoms. The summed E-state index contributed by atoms with van der Waals surface area (Å²) in [7, 11) is 1.19. The van der Waals surface area contributed by atoms with E-state index in [2.05, 4.69) is 4.74 Å². The predicted octanol–water partition coefficient (Wildman–Crippen LogP) is -0.461. The van der Waals surface area contributed by atoms with Crippen molar-refractivity contribution in [2.45, 2.75) is 20.0 Å². The maximum absolute atomic E-state index is 10.7. The van der Waals surface area contributed by atoms with Crippen LogP contribution in [0, 0.1) is 5.41 Å². The first-order valence-electron chi connectivity index (χ1n) is 3.32.